The molecule has 0 spiro atoms. The molecule has 0 aliphatic rings. The van der Waals surface area contributed by atoms with Crippen molar-refractivity contribution in [2.75, 3.05) is 25.1 Å². The van der Waals surface area contributed by atoms with Crippen LogP contribution < -0.4 is 15.2 Å². The molecule has 0 N–H and O–H groups in total. The number of halogens is 2. The number of aryl methyl sites for hydroxylation is 1. The van der Waals surface area contributed by atoms with Crippen molar-refractivity contribution >= 4 is 33.2 Å². The smallest absolute Gasteiger partial charge is 0.282 e. The van der Waals surface area contributed by atoms with Gasteiger partial charge in [-0.15, -0.1) is 0 Å². The zero-order chi connectivity index (χ0) is 15.4. The first-order valence-electron chi connectivity index (χ1n) is 6.30. The number of aromatic nitrogens is 2. The summed E-state index contributed by atoms with van der Waals surface area (Å²) in [5.41, 5.74) is 0.566. The topological polar surface area (TPSA) is 47.4 Å². The second kappa shape index (κ2) is 6.95. The summed E-state index contributed by atoms with van der Waals surface area (Å²) in [7, 11) is 3.49. The van der Waals surface area contributed by atoms with E-state index >= 15 is 0 Å². The predicted octanol–water partition coefficient (Wildman–Crippen LogP) is 2.71. The van der Waals surface area contributed by atoms with E-state index in [9.17, 15) is 4.79 Å². The summed E-state index contributed by atoms with van der Waals surface area (Å²) in [5.74, 6) is 0.758. The van der Waals surface area contributed by atoms with Crippen LogP contribution in [0.25, 0.3) is 0 Å². The maximum atomic E-state index is 11.8. The molecule has 0 saturated heterocycles. The third-order valence-corrected chi connectivity index (χ3v) is 3.98. The van der Waals surface area contributed by atoms with Crippen LogP contribution >= 0.6 is 27.5 Å². The summed E-state index contributed by atoms with van der Waals surface area (Å²) in [5, 5.41) is 4.69. The molecule has 7 heteroatoms. The maximum Gasteiger partial charge on any atom is 0.282 e. The number of hydrogen-bond donors (Lipinski definition) is 0. The lowest BCUT2D eigenvalue weighted by Gasteiger charge is -2.20. The highest BCUT2D eigenvalue weighted by Gasteiger charge is 2.11. The molecule has 112 valence electrons. The van der Waals surface area contributed by atoms with Gasteiger partial charge in [0.05, 0.1) is 18.4 Å². The zero-order valence-corrected chi connectivity index (χ0v) is 14.1. The molecular formula is C14H15BrClN3O2. The molecule has 0 atom stereocenters. The Labute approximate surface area is 136 Å². The summed E-state index contributed by atoms with van der Waals surface area (Å²) >= 11 is 9.12. The van der Waals surface area contributed by atoms with Crippen molar-refractivity contribution in [3.8, 4) is 5.75 Å². The fourth-order valence-corrected chi connectivity index (χ4v) is 2.51. The highest BCUT2D eigenvalue weighted by molar-refractivity contribution is 9.10. The SMILES string of the molecule is CN(CCOc1ccc(Cl)cc1)c1cnn(C)c(=O)c1Br. The molecule has 0 bridgehead atoms. The molecule has 0 saturated carbocycles. The Morgan fingerprint density at radius 2 is 2.05 bits per heavy atom. The second-order valence-electron chi connectivity index (χ2n) is 4.50. The first kappa shape index (κ1) is 15.9. The molecule has 0 aliphatic heterocycles. The molecular weight excluding hydrogens is 358 g/mol. The second-order valence-corrected chi connectivity index (χ2v) is 5.73. The van der Waals surface area contributed by atoms with E-state index in [4.69, 9.17) is 16.3 Å². The zero-order valence-electron chi connectivity index (χ0n) is 11.7. The largest absolute Gasteiger partial charge is 0.492 e. The number of hydrogen-bond acceptors (Lipinski definition) is 4. The number of anilines is 1. The normalized spacial score (nSPS) is 10.5. The van der Waals surface area contributed by atoms with Crippen LogP contribution in [0.3, 0.4) is 0 Å². The molecule has 1 aromatic carbocycles. The number of rotatable bonds is 5. The van der Waals surface area contributed by atoms with Crippen LogP contribution in [-0.4, -0.2) is 30.0 Å². The van der Waals surface area contributed by atoms with Crippen molar-refractivity contribution in [2.45, 2.75) is 0 Å². The average Bonchev–Trinajstić information content (AvgIpc) is 2.47. The van der Waals surface area contributed by atoms with Crippen LogP contribution in [0, 0.1) is 0 Å². The van der Waals surface area contributed by atoms with Gasteiger partial charge in [-0.05, 0) is 40.2 Å². The van der Waals surface area contributed by atoms with Gasteiger partial charge in [-0.2, -0.15) is 5.10 Å². The van der Waals surface area contributed by atoms with E-state index in [-0.39, 0.29) is 5.56 Å². The standard InChI is InChI=1S/C14H15BrClN3O2/c1-18(12-9-17-19(2)14(20)13(12)15)7-8-21-11-5-3-10(16)4-6-11/h3-6,9H,7-8H2,1-2H3. The molecule has 1 heterocycles. The number of ether oxygens (including phenoxy) is 1. The van der Waals surface area contributed by atoms with Crippen molar-refractivity contribution < 1.29 is 4.74 Å². The van der Waals surface area contributed by atoms with E-state index in [0.717, 1.165) is 11.4 Å². The summed E-state index contributed by atoms with van der Waals surface area (Å²) in [6.45, 7) is 1.11. The summed E-state index contributed by atoms with van der Waals surface area (Å²) < 4.78 is 7.41. The van der Waals surface area contributed by atoms with E-state index in [1.165, 1.54) is 4.68 Å². The lowest BCUT2D eigenvalue weighted by Crippen LogP contribution is -2.28. The molecule has 21 heavy (non-hydrogen) atoms. The lowest BCUT2D eigenvalue weighted by atomic mass is 10.3. The summed E-state index contributed by atoms with van der Waals surface area (Å²) in [6.07, 6.45) is 1.65. The minimum atomic E-state index is -0.169. The minimum absolute atomic E-state index is 0.169. The molecule has 2 rings (SSSR count). The molecule has 0 aliphatic carbocycles. The first-order chi connectivity index (χ1) is 9.99. The number of likely N-dealkylation sites (N-methyl/N-ethyl adjacent to an activating group) is 1. The van der Waals surface area contributed by atoms with Crippen LogP contribution in [0.2, 0.25) is 5.02 Å². The monoisotopic (exact) mass is 371 g/mol. The number of nitrogens with zero attached hydrogens (tertiary/aromatic N) is 3. The highest BCUT2D eigenvalue weighted by atomic mass is 79.9. The van der Waals surface area contributed by atoms with Crippen molar-refractivity contribution in [2.24, 2.45) is 7.05 Å². The van der Waals surface area contributed by atoms with Crippen molar-refractivity contribution in [3.63, 3.8) is 0 Å². The summed E-state index contributed by atoms with van der Waals surface area (Å²) in [6, 6.07) is 7.19. The Hall–Kier alpha value is -1.53. The fourth-order valence-electron chi connectivity index (χ4n) is 1.72. The van der Waals surface area contributed by atoms with E-state index in [2.05, 4.69) is 21.0 Å². The molecule has 0 fully saturated rings. The quantitative estimate of drug-likeness (QED) is 0.810. The van der Waals surface area contributed by atoms with Gasteiger partial charge < -0.3 is 9.64 Å². The van der Waals surface area contributed by atoms with Crippen LogP contribution in [0.15, 0.2) is 39.7 Å². The molecule has 0 unspecified atom stereocenters. The average molecular weight is 373 g/mol. The van der Waals surface area contributed by atoms with Crippen LogP contribution in [0.1, 0.15) is 0 Å². The molecule has 2 aromatic rings. The van der Waals surface area contributed by atoms with Gasteiger partial charge in [-0.25, -0.2) is 4.68 Å². The van der Waals surface area contributed by atoms with Gasteiger partial charge >= 0.3 is 0 Å². The van der Waals surface area contributed by atoms with Crippen LogP contribution in [-0.2, 0) is 7.05 Å². The van der Waals surface area contributed by atoms with Crippen molar-refractivity contribution in [1.82, 2.24) is 9.78 Å². The Balaban J connectivity index is 1.96. The van der Waals surface area contributed by atoms with Gasteiger partial charge in [-0.3, -0.25) is 4.79 Å². The third kappa shape index (κ3) is 3.98. The Morgan fingerprint density at radius 1 is 1.38 bits per heavy atom. The molecule has 1 aromatic heterocycles. The van der Waals surface area contributed by atoms with E-state index in [0.29, 0.717) is 22.6 Å². The van der Waals surface area contributed by atoms with Gasteiger partial charge in [0, 0.05) is 19.1 Å². The molecule has 0 radical (unpaired) electrons. The van der Waals surface area contributed by atoms with Gasteiger partial charge in [-0.1, -0.05) is 11.6 Å². The first-order valence-corrected chi connectivity index (χ1v) is 7.47. The molecule has 5 nitrogen and oxygen atoms in total. The third-order valence-electron chi connectivity index (χ3n) is 2.98. The predicted molar refractivity (Wildman–Crippen MR) is 87.4 cm³/mol. The Morgan fingerprint density at radius 3 is 2.71 bits per heavy atom. The van der Waals surface area contributed by atoms with Crippen molar-refractivity contribution in [3.05, 3.63) is 50.3 Å². The maximum absolute atomic E-state index is 11.8. The van der Waals surface area contributed by atoms with Gasteiger partial charge in [0.1, 0.15) is 16.8 Å². The van der Waals surface area contributed by atoms with Crippen LogP contribution in [0.4, 0.5) is 5.69 Å². The Bertz CT molecular complexity index is 673. The molecule has 0 amide bonds. The van der Waals surface area contributed by atoms with E-state index < -0.39 is 0 Å². The van der Waals surface area contributed by atoms with Gasteiger partial charge in [0.25, 0.3) is 5.56 Å². The highest BCUT2D eigenvalue weighted by Crippen LogP contribution is 2.20. The van der Waals surface area contributed by atoms with E-state index in [1.54, 1.807) is 25.4 Å². The summed E-state index contributed by atoms with van der Waals surface area (Å²) in [4.78, 5) is 13.7. The Kier molecular flexibility index (Phi) is 5.25. The minimum Gasteiger partial charge on any atom is -0.492 e. The fraction of sp³-hybridized carbons (Fsp3) is 0.286. The van der Waals surface area contributed by atoms with Crippen LogP contribution in [0.5, 0.6) is 5.75 Å². The van der Waals surface area contributed by atoms with Crippen molar-refractivity contribution in [1.29, 1.82) is 0 Å². The van der Waals surface area contributed by atoms with Gasteiger partial charge in [0.15, 0.2) is 0 Å². The van der Waals surface area contributed by atoms with Gasteiger partial charge in [0.2, 0.25) is 0 Å². The van der Waals surface area contributed by atoms with E-state index in [1.807, 2.05) is 24.1 Å². The number of benzene rings is 1. The lowest BCUT2D eigenvalue weighted by molar-refractivity contribution is 0.326.